The summed E-state index contributed by atoms with van der Waals surface area (Å²) >= 11 is 0. The van der Waals surface area contributed by atoms with Crippen LogP contribution in [0.4, 0.5) is 13.2 Å². The SMILES string of the molecule is CC(C)c1ccc(C(=O)C2C(=O)C(=O)NC2c2ccc(OC(F)(F)F)cc2)cc1. The average Bonchev–Trinajstić information content (AvgIpc) is 2.95. The first-order valence-electron chi connectivity index (χ1n) is 8.91. The molecule has 1 N–H and O–H groups in total. The van der Waals surface area contributed by atoms with Crippen LogP contribution in [0.15, 0.2) is 48.5 Å². The Morgan fingerprint density at radius 3 is 2.10 bits per heavy atom. The number of nitrogens with one attached hydrogen (secondary N) is 1. The molecule has 0 aromatic heterocycles. The zero-order valence-electron chi connectivity index (χ0n) is 15.6. The van der Waals surface area contributed by atoms with Crippen molar-refractivity contribution >= 4 is 17.5 Å². The summed E-state index contributed by atoms with van der Waals surface area (Å²) in [6, 6.07) is 10.5. The maximum absolute atomic E-state index is 12.9. The molecule has 2 atom stereocenters. The van der Waals surface area contributed by atoms with Crippen LogP contribution in [0.25, 0.3) is 0 Å². The summed E-state index contributed by atoms with van der Waals surface area (Å²) in [4.78, 5) is 37.2. The first-order valence-corrected chi connectivity index (χ1v) is 8.91. The van der Waals surface area contributed by atoms with E-state index in [0.717, 1.165) is 17.7 Å². The van der Waals surface area contributed by atoms with Crippen molar-refractivity contribution in [2.45, 2.75) is 32.2 Å². The molecule has 8 heteroatoms. The van der Waals surface area contributed by atoms with Crippen molar-refractivity contribution < 1.29 is 32.3 Å². The van der Waals surface area contributed by atoms with Gasteiger partial charge in [-0.2, -0.15) is 0 Å². The largest absolute Gasteiger partial charge is 0.573 e. The van der Waals surface area contributed by atoms with Crippen molar-refractivity contribution in [3.63, 3.8) is 0 Å². The zero-order chi connectivity index (χ0) is 21.3. The summed E-state index contributed by atoms with van der Waals surface area (Å²) in [5, 5.41) is 2.45. The van der Waals surface area contributed by atoms with Crippen molar-refractivity contribution in [3.8, 4) is 5.75 Å². The van der Waals surface area contributed by atoms with Gasteiger partial charge < -0.3 is 10.1 Å². The van der Waals surface area contributed by atoms with Gasteiger partial charge in [-0.3, -0.25) is 14.4 Å². The van der Waals surface area contributed by atoms with Crippen LogP contribution in [0.1, 0.15) is 47.3 Å². The molecule has 152 valence electrons. The van der Waals surface area contributed by atoms with Crippen LogP contribution >= 0.6 is 0 Å². The molecule has 1 fully saturated rings. The summed E-state index contributed by atoms with van der Waals surface area (Å²) in [5.74, 6) is -3.76. The molecule has 5 nitrogen and oxygen atoms in total. The molecule has 2 unspecified atom stereocenters. The molecule has 1 amide bonds. The second kappa shape index (κ2) is 7.69. The monoisotopic (exact) mass is 405 g/mol. The van der Waals surface area contributed by atoms with Crippen molar-refractivity contribution in [2.75, 3.05) is 0 Å². The third-order valence-electron chi connectivity index (χ3n) is 4.74. The molecule has 0 spiro atoms. The van der Waals surface area contributed by atoms with E-state index in [2.05, 4.69) is 10.1 Å². The number of Topliss-reactive ketones (excluding diaryl/α,β-unsaturated/α-hetero) is 2. The van der Waals surface area contributed by atoms with E-state index < -0.39 is 41.5 Å². The van der Waals surface area contributed by atoms with Gasteiger partial charge >= 0.3 is 6.36 Å². The molecular formula is C21H18F3NO4. The minimum absolute atomic E-state index is 0.265. The van der Waals surface area contributed by atoms with Gasteiger partial charge in [0.05, 0.1) is 6.04 Å². The molecule has 2 aromatic carbocycles. The van der Waals surface area contributed by atoms with Crippen LogP contribution in [-0.2, 0) is 9.59 Å². The van der Waals surface area contributed by atoms with Gasteiger partial charge in [0, 0.05) is 5.56 Å². The summed E-state index contributed by atoms with van der Waals surface area (Å²) in [7, 11) is 0. The molecule has 0 saturated carbocycles. The summed E-state index contributed by atoms with van der Waals surface area (Å²) < 4.78 is 40.7. The predicted molar refractivity (Wildman–Crippen MR) is 97.4 cm³/mol. The molecule has 3 rings (SSSR count). The highest BCUT2D eigenvalue weighted by Gasteiger charge is 2.46. The number of ketones is 2. The van der Waals surface area contributed by atoms with E-state index in [-0.39, 0.29) is 11.5 Å². The van der Waals surface area contributed by atoms with Gasteiger partial charge in [-0.1, -0.05) is 50.2 Å². The highest BCUT2D eigenvalue weighted by molar-refractivity contribution is 6.44. The summed E-state index contributed by atoms with van der Waals surface area (Å²) in [6.45, 7) is 4.00. The Hall–Kier alpha value is -3.16. The van der Waals surface area contributed by atoms with E-state index in [9.17, 15) is 27.6 Å². The minimum atomic E-state index is -4.83. The lowest BCUT2D eigenvalue weighted by atomic mass is 9.86. The number of ether oxygens (including phenoxy) is 1. The second-order valence-corrected chi connectivity index (χ2v) is 7.05. The number of hydrogen-bond acceptors (Lipinski definition) is 4. The number of rotatable bonds is 5. The lowest BCUT2D eigenvalue weighted by molar-refractivity contribution is -0.274. The zero-order valence-corrected chi connectivity index (χ0v) is 15.6. The number of alkyl halides is 3. The number of halogens is 3. The standard InChI is InChI=1S/C21H18F3NO4/c1-11(2)12-3-5-14(6-4-12)18(26)16-17(25-20(28)19(16)27)13-7-9-15(10-8-13)29-21(22,23)24/h3-11,16-17H,1-2H3,(H,25,28). The third kappa shape index (κ3) is 4.47. The number of carbonyl (C=O) groups excluding carboxylic acids is 3. The lowest BCUT2D eigenvalue weighted by Gasteiger charge is -2.18. The highest BCUT2D eigenvalue weighted by Crippen LogP contribution is 2.33. The number of hydrogen-bond donors (Lipinski definition) is 1. The van der Waals surface area contributed by atoms with Crippen LogP contribution in [0.2, 0.25) is 0 Å². The van der Waals surface area contributed by atoms with Gasteiger partial charge in [-0.15, -0.1) is 13.2 Å². The van der Waals surface area contributed by atoms with Crippen LogP contribution in [-0.4, -0.2) is 23.8 Å². The molecule has 0 bridgehead atoms. The highest BCUT2D eigenvalue weighted by atomic mass is 19.4. The minimum Gasteiger partial charge on any atom is -0.406 e. The molecule has 29 heavy (non-hydrogen) atoms. The third-order valence-corrected chi connectivity index (χ3v) is 4.74. The first kappa shape index (κ1) is 20.6. The van der Waals surface area contributed by atoms with E-state index in [4.69, 9.17) is 0 Å². The first-order chi connectivity index (χ1) is 13.6. The molecule has 2 aromatic rings. The maximum Gasteiger partial charge on any atom is 0.573 e. The molecule has 0 aliphatic carbocycles. The number of amides is 1. The summed E-state index contributed by atoms with van der Waals surface area (Å²) in [6.07, 6.45) is -4.83. The Balaban J connectivity index is 1.87. The lowest BCUT2D eigenvalue weighted by Crippen LogP contribution is -2.26. The van der Waals surface area contributed by atoms with Crippen LogP contribution in [0.3, 0.4) is 0 Å². The Kier molecular flexibility index (Phi) is 5.46. The van der Waals surface area contributed by atoms with Crippen molar-refractivity contribution in [1.82, 2.24) is 5.32 Å². The number of carbonyl (C=O) groups is 3. The van der Waals surface area contributed by atoms with Gasteiger partial charge in [0.2, 0.25) is 5.78 Å². The second-order valence-electron chi connectivity index (χ2n) is 7.05. The Labute approximate surface area is 164 Å². The fourth-order valence-electron chi connectivity index (χ4n) is 3.22. The molecule has 1 heterocycles. The van der Waals surface area contributed by atoms with E-state index in [1.54, 1.807) is 24.3 Å². The molecule has 0 radical (unpaired) electrons. The summed E-state index contributed by atoms with van der Waals surface area (Å²) in [5.41, 5.74) is 1.63. The quantitative estimate of drug-likeness (QED) is 0.465. The smallest absolute Gasteiger partial charge is 0.406 e. The van der Waals surface area contributed by atoms with Crippen LogP contribution in [0.5, 0.6) is 5.75 Å². The fourth-order valence-corrected chi connectivity index (χ4v) is 3.22. The predicted octanol–water partition coefficient (Wildman–Crippen LogP) is 3.95. The van der Waals surface area contributed by atoms with Crippen LogP contribution < -0.4 is 10.1 Å². The van der Waals surface area contributed by atoms with Gasteiger partial charge in [0.1, 0.15) is 11.7 Å². The number of benzene rings is 2. The molecular weight excluding hydrogens is 387 g/mol. The van der Waals surface area contributed by atoms with E-state index >= 15 is 0 Å². The van der Waals surface area contributed by atoms with Crippen molar-refractivity contribution in [1.29, 1.82) is 0 Å². The van der Waals surface area contributed by atoms with E-state index in [1.807, 2.05) is 13.8 Å². The normalized spacial score (nSPS) is 19.4. The topological polar surface area (TPSA) is 72.5 Å². The van der Waals surface area contributed by atoms with Crippen molar-refractivity contribution in [3.05, 3.63) is 65.2 Å². The fraction of sp³-hybridized carbons (Fsp3) is 0.286. The Morgan fingerprint density at radius 2 is 1.59 bits per heavy atom. The van der Waals surface area contributed by atoms with Gasteiger partial charge in [0.25, 0.3) is 5.91 Å². The van der Waals surface area contributed by atoms with Crippen molar-refractivity contribution in [2.24, 2.45) is 5.92 Å². The molecule has 1 saturated heterocycles. The maximum atomic E-state index is 12.9. The van der Waals surface area contributed by atoms with E-state index in [0.29, 0.717) is 5.56 Å². The van der Waals surface area contributed by atoms with Gasteiger partial charge in [0.15, 0.2) is 5.78 Å². The van der Waals surface area contributed by atoms with Gasteiger partial charge in [-0.05, 0) is 29.2 Å². The van der Waals surface area contributed by atoms with Crippen LogP contribution in [0, 0.1) is 5.92 Å². The molecule has 1 aliphatic heterocycles. The molecule has 1 aliphatic rings. The Bertz CT molecular complexity index is 934. The Morgan fingerprint density at radius 1 is 1.00 bits per heavy atom. The average molecular weight is 405 g/mol. The van der Waals surface area contributed by atoms with Gasteiger partial charge in [-0.25, -0.2) is 0 Å². The van der Waals surface area contributed by atoms with E-state index in [1.165, 1.54) is 12.1 Å².